The number of halogens is 1. The maximum atomic E-state index is 13.5. The number of carbonyl (C=O) groups excluding carboxylic acids is 2. The Hall–Kier alpha value is -2.97. The summed E-state index contributed by atoms with van der Waals surface area (Å²) in [4.78, 5) is 29.4. The van der Waals surface area contributed by atoms with E-state index in [1.807, 2.05) is 0 Å². The fourth-order valence-corrected chi connectivity index (χ4v) is 3.72. The van der Waals surface area contributed by atoms with Crippen molar-refractivity contribution in [2.45, 2.75) is 6.04 Å². The van der Waals surface area contributed by atoms with Gasteiger partial charge in [-0.05, 0) is 29.8 Å². The van der Waals surface area contributed by atoms with E-state index in [0.717, 1.165) is 13.1 Å². The van der Waals surface area contributed by atoms with Gasteiger partial charge in [-0.1, -0.05) is 12.1 Å². The highest BCUT2D eigenvalue weighted by atomic mass is 19.1. The molecule has 4 rings (SSSR count). The quantitative estimate of drug-likeness (QED) is 0.750. The monoisotopic (exact) mass is 400 g/mol. The van der Waals surface area contributed by atoms with Gasteiger partial charge >= 0.3 is 0 Å². The Morgan fingerprint density at radius 3 is 2.52 bits per heavy atom. The van der Waals surface area contributed by atoms with Crippen LogP contribution in [-0.4, -0.2) is 66.0 Å². The number of nitrogens with zero attached hydrogens (tertiary/aromatic N) is 2. The maximum Gasteiger partial charge on any atom is 0.290 e. The molecule has 1 amide bonds. The van der Waals surface area contributed by atoms with Gasteiger partial charge in [0.15, 0.2) is 11.5 Å². The van der Waals surface area contributed by atoms with Crippen LogP contribution in [0.1, 0.15) is 22.2 Å². The molecule has 0 spiro atoms. The Morgan fingerprint density at radius 1 is 1.14 bits per heavy atom. The van der Waals surface area contributed by atoms with Gasteiger partial charge in [-0.2, -0.15) is 0 Å². The van der Waals surface area contributed by atoms with Gasteiger partial charge in [-0.25, -0.2) is 4.39 Å². The summed E-state index contributed by atoms with van der Waals surface area (Å²) in [7, 11) is 0. The van der Waals surface area contributed by atoms with E-state index in [9.17, 15) is 19.1 Å². The first-order valence-corrected chi connectivity index (χ1v) is 9.44. The predicted molar refractivity (Wildman–Crippen MR) is 101 cm³/mol. The first-order chi connectivity index (χ1) is 14.1. The van der Waals surface area contributed by atoms with Crippen LogP contribution < -0.4 is 0 Å². The molecule has 0 saturated carbocycles. The fraction of sp³-hybridized carbons (Fsp3) is 0.333. The largest absolute Gasteiger partial charge is 0.503 e. The Morgan fingerprint density at radius 2 is 1.86 bits per heavy atom. The summed E-state index contributed by atoms with van der Waals surface area (Å²) in [6.07, 6.45) is 1.35. The molecule has 3 heterocycles. The molecule has 8 heteroatoms. The van der Waals surface area contributed by atoms with Crippen molar-refractivity contribution in [1.29, 1.82) is 0 Å². The number of aliphatic hydroxyl groups is 1. The molecule has 1 atom stereocenters. The highest BCUT2D eigenvalue weighted by molar-refractivity contribution is 6.15. The minimum atomic E-state index is -0.818. The second-order valence-electron chi connectivity index (χ2n) is 6.98. The number of hydrogen-bond acceptors (Lipinski definition) is 6. The minimum absolute atomic E-state index is 0.0292. The number of morpholine rings is 1. The molecule has 7 nitrogen and oxygen atoms in total. The van der Waals surface area contributed by atoms with E-state index in [1.165, 1.54) is 41.5 Å². The van der Waals surface area contributed by atoms with Crippen molar-refractivity contribution in [3.8, 4) is 0 Å². The Balaban J connectivity index is 1.66. The third-order valence-corrected chi connectivity index (χ3v) is 5.24. The van der Waals surface area contributed by atoms with E-state index in [1.54, 1.807) is 6.07 Å². The smallest absolute Gasteiger partial charge is 0.290 e. The summed E-state index contributed by atoms with van der Waals surface area (Å²) in [6, 6.07) is 7.79. The third kappa shape index (κ3) is 3.81. The first kappa shape index (κ1) is 19.4. The van der Waals surface area contributed by atoms with Gasteiger partial charge in [0.05, 0.1) is 31.1 Å². The number of Topliss-reactive ketones (excluding diaryl/α,β-unsaturated/α-hetero) is 1. The fourth-order valence-electron chi connectivity index (χ4n) is 3.72. The molecule has 1 fully saturated rings. The summed E-state index contributed by atoms with van der Waals surface area (Å²) in [5, 5.41) is 10.5. The summed E-state index contributed by atoms with van der Waals surface area (Å²) >= 11 is 0. The van der Waals surface area contributed by atoms with Gasteiger partial charge in [0.25, 0.3) is 5.91 Å². The van der Waals surface area contributed by atoms with Gasteiger partial charge < -0.3 is 19.2 Å². The number of amides is 1. The molecule has 0 bridgehead atoms. The highest BCUT2D eigenvalue weighted by Gasteiger charge is 2.44. The molecule has 0 aliphatic carbocycles. The zero-order valence-corrected chi connectivity index (χ0v) is 15.7. The van der Waals surface area contributed by atoms with Gasteiger partial charge in [0, 0.05) is 26.2 Å². The minimum Gasteiger partial charge on any atom is -0.503 e. The zero-order chi connectivity index (χ0) is 20.4. The number of ketones is 1. The molecule has 2 aliphatic rings. The number of rotatable bonds is 6. The molecule has 2 aliphatic heterocycles. The zero-order valence-electron chi connectivity index (χ0n) is 15.7. The van der Waals surface area contributed by atoms with E-state index in [2.05, 4.69) is 4.90 Å². The summed E-state index contributed by atoms with van der Waals surface area (Å²) < 4.78 is 24.0. The van der Waals surface area contributed by atoms with Crippen LogP contribution in [0, 0.1) is 5.82 Å². The van der Waals surface area contributed by atoms with Crippen molar-refractivity contribution in [2.24, 2.45) is 0 Å². The van der Waals surface area contributed by atoms with Crippen LogP contribution in [0.25, 0.3) is 0 Å². The van der Waals surface area contributed by atoms with Crippen LogP contribution in [0.5, 0.6) is 0 Å². The maximum absolute atomic E-state index is 13.5. The van der Waals surface area contributed by atoms with Crippen molar-refractivity contribution >= 4 is 11.7 Å². The van der Waals surface area contributed by atoms with Crippen molar-refractivity contribution < 1.29 is 28.2 Å². The predicted octanol–water partition coefficient (Wildman–Crippen LogP) is 2.33. The normalized spacial score (nSPS) is 20.5. The van der Waals surface area contributed by atoms with Crippen LogP contribution >= 0.6 is 0 Å². The highest BCUT2D eigenvalue weighted by Crippen LogP contribution is 2.38. The number of hydrogen-bond donors (Lipinski definition) is 1. The van der Waals surface area contributed by atoms with E-state index >= 15 is 0 Å². The first-order valence-electron chi connectivity index (χ1n) is 9.44. The second kappa shape index (κ2) is 8.18. The molecule has 1 saturated heterocycles. The Kier molecular flexibility index (Phi) is 5.46. The van der Waals surface area contributed by atoms with Crippen molar-refractivity contribution in [3.05, 3.63) is 71.1 Å². The van der Waals surface area contributed by atoms with Gasteiger partial charge in [0.1, 0.15) is 5.82 Å². The van der Waals surface area contributed by atoms with Crippen LogP contribution in [-0.2, 0) is 9.53 Å². The molecule has 152 valence electrons. The average Bonchev–Trinajstić information content (AvgIpc) is 3.36. The molecule has 0 radical (unpaired) electrons. The van der Waals surface area contributed by atoms with E-state index < -0.39 is 29.3 Å². The van der Waals surface area contributed by atoms with Crippen LogP contribution in [0.4, 0.5) is 4.39 Å². The second-order valence-corrected chi connectivity index (χ2v) is 6.98. The number of carbonyl (C=O) groups is 2. The van der Waals surface area contributed by atoms with E-state index in [0.29, 0.717) is 31.9 Å². The summed E-state index contributed by atoms with van der Waals surface area (Å²) in [6.45, 7) is 3.63. The summed E-state index contributed by atoms with van der Waals surface area (Å²) in [5.41, 5.74) is 0.485. The number of ether oxygens (including phenoxy) is 1. The lowest BCUT2D eigenvalue weighted by molar-refractivity contribution is -0.129. The molecule has 0 unspecified atom stereocenters. The van der Waals surface area contributed by atoms with Crippen molar-refractivity contribution in [3.63, 3.8) is 0 Å². The average molecular weight is 400 g/mol. The Bertz CT molecular complexity index is 917. The van der Waals surface area contributed by atoms with Crippen LogP contribution in [0.15, 0.2) is 58.4 Å². The molecule has 1 aromatic heterocycles. The third-order valence-electron chi connectivity index (χ3n) is 5.24. The lowest BCUT2D eigenvalue weighted by atomic mass is 9.95. The van der Waals surface area contributed by atoms with Gasteiger partial charge in [-0.15, -0.1) is 0 Å². The van der Waals surface area contributed by atoms with Gasteiger partial charge in [0.2, 0.25) is 5.78 Å². The molecule has 1 aromatic carbocycles. The SMILES string of the molecule is O=C(C1=C(O)C(=O)N(CCN2CCOCC2)[C@H]1c1ccc(F)cc1)c1ccco1. The number of benzene rings is 1. The van der Waals surface area contributed by atoms with Crippen molar-refractivity contribution in [2.75, 3.05) is 39.4 Å². The topological polar surface area (TPSA) is 83.2 Å². The van der Waals surface area contributed by atoms with Crippen LogP contribution in [0.2, 0.25) is 0 Å². The standard InChI is InChI=1S/C21H21FN2O5/c22-15-5-3-14(4-6-15)18-17(19(25)16-2-1-11-29-16)20(26)21(27)24(18)8-7-23-9-12-28-13-10-23/h1-6,11,18,26H,7-10,12-13H2/t18-/m0/s1. The Labute approximate surface area is 167 Å². The number of furan rings is 1. The van der Waals surface area contributed by atoms with Gasteiger partial charge in [-0.3, -0.25) is 14.5 Å². The van der Waals surface area contributed by atoms with Crippen LogP contribution in [0.3, 0.4) is 0 Å². The lowest BCUT2D eigenvalue weighted by Gasteiger charge is -2.31. The molecule has 2 aromatic rings. The molecule has 29 heavy (non-hydrogen) atoms. The van der Waals surface area contributed by atoms with Crippen molar-refractivity contribution in [1.82, 2.24) is 9.80 Å². The van der Waals surface area contributed by atoms with E-state index in [-0.39, 0.29) is 11.3 Å². The molecular formula is C21H21FN2O5. The summed E-state index contributed by atoms with van der Waals surface area (Å²) in [5.74, 6) is -2.18. The lowest BCUT2D eigenvalue weighted by Crippen LogP contribution is -2.43. The van der Waals surface area contributed by atoms with E-state index in [4.69, 9.17) is 9.15 Å². The molecular weight excluding hydrogens is 379 g/mol. The molecule has 1 N–H and O–H groups in total. The number of aliphatic hydroxyl groups excluding tert-OH is 1.